The summed E-state index contributed by atoms with van der Waals surface area (Å²) in [5.74, 6) is -3.56. The molecule has 0 radical (unpaired) electrons. The van der Waals surface area contributed by atoms with Crippen LogP contribution in [0.25, 0.3) is 0 Å². The lowest BCUT2D eigenvalue weighted by Gasteiger charge is -2.12. The quantitative estimate of drug-likeness (QED) is 0.0346. The normalized spacial score (nSPS) is 10.7. The Balaban J connectivity index is 0.888. The molecule has 0 aliphatic heterocycles. The van der Waals surface area contributed by atoms with Crippen LogP contribution in [0.2, 0.25) is 0 Å². The first-order chi connectivity index (χ1) is 39.4. The van der Waals surface area contributed by atoms with Crippen LogP contribution in [0.3, 0.4) is 0 Å². The predicted octanol–water partition coefficient (Wildman–Crippen LogP) is 11.9. The van der Waals surface area contributed by atoms with Crippen molar-refractivity contribution in [3.05, 3.63) is 325 Å². The SMILES string of the molecule is O=C(c1cccc(OCc2ccc(COc3cccc(C(=O)c4cc(C(=O)c5cccc([N+](=O)[O-])c5)cc(C(=O)c5cccc([N+](=O)[O-])c5)c4)c3)cc2)c1)c1cc(C(=O)c2cccc([N+](=O)[O-])c2)cc(C(=O)c2cccc([N+](=O)[O-])c2)c1. The maximum Gasteiger partial charge on any atom is 0.270 e. The molecular formula is C62H38N4O16. The Morgan fingerprint density at radius 2 is 0.476 bits per heavy atom. The smallest absolute Gasteiger partial charge is 0.270 e. The summed E-state index contributed by atoms with van der Waals surface area (Å²) in [5, 5.41) is 46.0. The van der Waals surface area contributed by atoms with Crippen LogP contribution in [0.4, 0.5) is 22.7 Å². The molecule has 0 aliphatic carbocycles. The van der Waals surface area contributed by atoms with E-state index in [2.05, 4.69) is 0 Å². The van der Waals surface area contributed by atoms with Gasteiger partial charge in [-0.3, -0.25) is 69.2 Å². The number of nitrogens with zero attached hydrogens (tertiary/aromatic N) is 4. The van der Waals surface area contributed by atoms with Crippen LogP contribution in [0.5, 0.6) is 11.5 Å². The first-order valence-corrected chi connectivity index (χ1v) is 24.5. The topological polar surface area (TPSA) is 293 Å². The van der Waals surface area contributed by atoms with E-state index >= 15 is 0 Å². The molecular weight excluding hydrogens is 1060 g/mol. The van der Waals surface area contributed by atoms with Gasteiger partial charge in [-0.1, -0.05) is 97.1 Å². The molecule has 20 heteroatoms. The van der Waals surface area contributed by atoms with Gasteiger partial charge in [-0.15, -0.1) is 0 Å². The summed E-state index contributed by atoms with van der Waals surface area (Å²) in [6, 6.07) is 46.7. The van der Waals surface area contributed by atoms with Crippen molar-refractivity contribution in [2.24, 2.45) is 0 Å². The molecule has 0 saturated carbocycles. The number of ketones is 6. The lowest BCUT2D eigenvalue weighted by molar-refractivity contribution is -0.385. The van der Waals surface area contributed by atoms with E-state index in [9.17, 15) is 69.2 Å². The third-order valence-electron chi connectivity index (χ3n) is 12.7. The van der Waals surface area contributed by atoms with Crippen LogP contribution in [0, 0.1) is 40.5 Å². The molecule has 9 aromatic carbocycles. The van der Waals surface area contributed by atoms with Gasteiger partial charge in [0, 0.05) is 115 Å². The number of rotatable bonds is 22. The van der Waals surface area contributed by atoms with Crippen molar-refractivity contribution >= 4 is 57.4 Å². The second-order valence-electron chi connectivity index (χ2n) is 18.3. The first-order valence-electron chi connectivity index (χ1n) is 24.5. The van der Waals surface area contributed by atoms with Crippen molar-refractivity contribution in [1.29, 1.82) is 0 Å². The zero-order valence-corrected chi connectivity index (χ0v) is 42.4. The minimum atomic E-state index is -0.726. The highest BCUT2D eigenvalue weighted by Gasteiger charge is 2.25. The van der Waals surface area contributed by atoms with E-state index < -0.39 is 54.4 Å². The lowest BCUT2D eigenvalue weighted by atomic mass is 9.92. The van der Waals surface area contributed by atoms with Gasteiger partial charge in [0.15, 0.2) is 34.7 Å². The summed E-state index contributed by atoms with van der Waals surface area (Å²) in [5.41, 5.74) is -0.858. The van der Waals surface area contributed by atoms with Crippen LogP contribution in [-0.2, 0) is 13.2 Å². The van der Waals surface area contributed by atoms with Crippen LogP contribution in [-0.4, -0.2) is 54.4 Å². The van der Waals surface area contributed by atoms with Gasteiger partial charge >= 0.3 is 0 Å². The van der Waals surface area contributed by atoms with Crippen molar-refractivity contribution in [3.8, 4) is 11.5 Å². The first kappa shape index (κ1) is 55.0. The van der Waals surface area contributed by atoms with E-state index in [0.717, 1.165) is 35.4 Å². The fraction of sp³-hybridized carbons (Fsp3) is 0.0323. The van der Waals surface area contributed by atoms with E-state index in [-0.39, 0.29) is 114 Å². The molecule has 0 aliphatic rings. The van der Waals surface area contributed by atoms with Gasteiger partial charge in [0.2, 0.25) is 0 Å². The third-order valence-corrected chi connectivity index (χ3v) is 12.7. The molecule has 0 amide bonds. The molecule has 20 nitrogen and oxygen atoms in total. The Morgan fingerprint density at radius 3 is 0.695 bits per heavy atom. The van der Waals surface area contributed by atoms with Gasteiger partial charge in [-0.05, 0) is 71.8 Å². The van der Waals surface area contributed by atoms with Crippen molar-refractivity contribution in [2.75, 3.05) is 0 Å². The van der Waals surface area contributed by atoms with Gasteiger partial charge in [-0.25, -0.2) is 0 Å². The number of non-ortho nitro benzene ring substituents is 4. The molecule has 0 fully saturated rings. The van der Waals surface area contributed by atoms with E-state index in [4.69, 9.17) is 9.47 Å². The largest absolute Gasteiger partial charge is 0.489 e. The lowest BCUT2D eigenvalue weighted by Crippen LogP contribution is -2.11. The molecule has 0 aromatic heterocycles. The number of hydrogen-bond acceptors (Lipinski definition) is 16. The molecule has 0 spiro atoms. The van der Waals surface area contributed by atoms with E-state index in [0.29, 0.717) is 0 Å². The molecule has 9 rings (SSSR count). The summed E-state index contributed by atoms with van der Waals surface area (Å²) in [6.45, 7) is 0.100. The Morgan fingerprint density at radius 1 is 0.268 bits per heavy atom. The van der Waals surface area contributed by atoms with Crippen molar-refractivity contribution in [3.63, 3.8) is 0 Å². The summed E-state index contributed by atoms with van der Waals surface area (Å²) < 4.78 is 12.1. The number of nitro groups is 4. The zero-order chi connectivity index (χ0) is 58.2. The molecule has 0 N–H and O–H groups in total. The fourth-order valence-electron chi connectivity index (χ4n) is 8.60. The van der Waals surface area contributed by atoms with Crippen molar-refractivity contribution < 1.29 is 57.9 Å². The summed E-state index contributed by atoms with van der Waals surface area (Å²) in [4.78, 5) is 127. The average molecular weight is 1090 g/mol. The Bertz CT molecular complexity index is 3710. The molecule has 0 unspecified atom stereocenters. The Kier molecular flexibility index (Phi) is 16.0. The fourth-order valence-corrected chi connectivity index (χ4v) is 8.60. The van der Waals surface area contributed by atoms with Crippen LogP contribution < -0.4 is 9.47 Å². The van der Waals surface area contributed by atoms with Gasteiger partial charge in [0.05, 0.1) is 19.7 Å². The summed E-state index contributed by atoms with van der Waals surface area (Å²) >= 11 is 0. The average Bonchev–Trinajstić information content (AvgIpc) is 3.62. The van der Waals surface area contributed by atoms with Crippen LogP contribution >= 0.6 is 0 Å². The molecule has 402 valence electrons. The third kappa shape index (κ3) is 12.6. The molecule has 9 aromatic rings. The van der Waals surface area contributed by atoms with Crippen molar-refractivity contribution in [1.82, 2.24) is 0 Å². The molecule has 82 heavy (non-hydrogen) atoms. The maximum atomic E-state index is 14.2. The Labute approximate surface area is 463 Å². The molecule has 0 bridgehead atoms. The van der Waals surface area contributed by atoms with Gasteiger partial charge < -0.3 is 9.47 Å². The highest BCUT2D eigenvalue weighted by Crippen LogP contribution is 2.28. The van der Waals surface area contributed by atoms with Gasteiger partial charge in [0.25, 0.3) is 22.7 Å². The van der Waals surface area contributed by atoms with Crippen LogP contribution in [0.15, 0.2) is 206 Å². The number of carbonyl (C=O) groups excluding carboxylic acids is 6. The molecule has 0 heterocycles. The minimum absolute atomic E-state index is 0.0502. The number of nitro benzene ring substituents is 4. The highest BCUT2D eigenvalue weighted by atomic mass is 16.6. The van der Waals surface area contributed by atoms with Gasteiger partial charge in [-0.2, -0.15) is 0 Å². The summed E-state index contributed by atoms with van der Waals surface area (Å²) in [7, 11) is 0. The molecule has 0 atom stereocenters. The monoisotopic (exact) mass is 1090 g/mol. The number of ether oxygens (including phenoxy) is 2. The number of hydrogen-bond donors (Lipinski definition) is 0. The predicted molar refractivity (Wildman–Crippen MR) is 294 cm³/mol. The minimum Gasteiger partial charge on any atom is -0.489 e. The maximum absolute atomic E-state index is 14.2. The highest BCUT2D eigenvalue weighted by molar-refractivity contribution is 6.19. The van der Waals surface area contributed by atoms with Gasteiger partial charge in [0.1, 0.15) is 24.7 Å². The molecule has 0 saturated heterocycles. The zero-order valence-electron chi connectivity index (χ0n) is 42.4. The second kappa shape index (κ2) is 23.8. The van der Waals surface area contributed by atoms with E-state index in [1.807, 2.05) is 0 Å². The van der Waals surface area contributed by atoms with Crippen LogP contribution in [0.1, 0.15) is 107 Å². The number of carbonyl (C=O) groups is 6. The standard InChI is InChI=1S/C62H38N4O16/c67-57(39-7-1-13-51(29-39)63(73)74)45-23-46(58(68)40-8-2-14-52(30-40)64(75)76)26-49(25-45)61(71)43-11-5-17-55(33-43)81-35-37-19-21-38(22-20-37)36-82-56-18-6-12-44(34-56)62(72)50-27-47(59(69)41-9-3-15-53(31-41)65(77)78)24-48(28-50)60(70)42-10-4-16-54(32-42)66(79)80/h1-34H,35-36H2. The Hall–Kier alpha value is -11.8. The second-order valence-corrected chi connectivity index (χ2v) is 18.3. The van der Waals surface area contributed by atoms with Crippen molar-refractivity contribution in [2.45, 2.75) is 13.2 Å². The van der Waals surface area contributed by atoms with E-state index in [1.54, 1.807) is 48.5 Å². The van der Waals surface area contributed by atoms with E-state index in [1.165, 1.54) is 133 Å². The summed E-state index contributed by atoms with van der Waals surface area (Å²) in [6.07, 6.45) is 0. The number of benzene rings is 9.